The molecule has 0 saturated heterocycles. The second-order valence-corrected chi connectivity index (χ2v) is 8.39. The molecule has 6 N–H and O–H groups in total. The van der Waals surface area contributed by atoms with Gasteiger partial charge in [0.2, 0.25) is 23.7 Å². The van der Waals surface area contributed by atoms with E-state index in [1.54, 1.807) is 6.20 Å². The number of hydrogen-bond acceptors (Lipinski definition) is 10. The highest BCUT2D eigenvalue weighted by Crippen LogP contribution is 2.24. The molecule has 1 aromatic carbocycles. The molecule has 0 spiro atoms. The Morgan fingerprint density at radius 2 is 1.36 bits per heavy atom. The standard InChI is InChI=1S/C22H26BBrN10O2/c1-13(35)25-6-8-27-19-17(23)11-29-21(33-19)31-15-4-3-5-16(10-15)32-22-30-12-18(24)20(34-22)28-9-7-26-14(2)36/h3-5,10-12H,6-9H2,1-2H3,(H,25,35)(H,26,36)(H2,27,29,31,33)(H2,28,30,32,34). The smallest absolute Gasteiger partial charge is 0.229 e. The van der Waals surface area contributed by atoms with Gasteiger partial charge in [0.05, 0.1) is 4.47 Å². The third-order valence-corrected chi connectivity index (χ3v) is 5.10. The summed E-state index contributed by atoms with van der Waals surface area (Å²) < 4.78 is 0.702. The number of benzene rings is 1. The molecule has 0 atom stereocenters. The maximum atomic E-state index is 11.0. The van der Waals surface area contributed by atoms with Crippen LogP contribution in [-0.4, -0.2) is 65.8 Å². The molecule has 0 unspecified atom stereocenters. The minimum atomic E-state index is -0.105. The van der Waals surface area contributed by atoms with Crippen molar-refractivity contribution in [2.75, 3.05) is 47.4 Å². The van der Waals surface area contributed by atoms with E-state index in [0.29, 0.717) is 59.6 Å². The quantitative estimate of drug-likeness (QED) is 0.143. The summed E-state index contributed by atoms with van der Waals surface area (Å²) >= 11 is 3.42. The van der Waals surface area contributed by atoms with Gasteiger partial charge in [-0.2, -0.15) is 9.97 Å². The number of rotatable bonds is 12. The van der Waals surface area contributed by atoms with Crippen LogP contribution in [0.4, 0.5) is 34.9 Å². The third-order valence-electron chi connectivity index (χ3n) is 4.52. The molecule has 3 aromatic rings. The van der Waals surface area contributed by atoms with Crippen LogP contribution in [0.15, 0.2) is 41.1 Å². The van der Waals surface area contributed by atoms with Crippen LogP contribution in [0.3, 0.4) is 0 Å². The largest absolute Gasteiger partial charge is 0.369 e. The van der Waals surface area contributed by atoms with Crippen molar-refractivity contribution in [1.82, 2.24) is 30.6 Å². The molecule has 2 amide bonds. The molecule has 2 radical (unpaired) electrons. The van der Waals surface area contributed by atoms with Crippen LogP contribution >= 0.6 is 15.9 Å². The number of anilines is 6. The summed E-state index contributed by atoms with van der Waals surface area (Å²) in [7, 11) is 5.96. The van der Waals surface area contributed by atoms with Crippen LogP contribution < -0.4 is 37.4 Å². The van der Waals surface area contributed by atoms with Crippen LogP contribution in [0.25, 0.3) is 0 Å². The summed E-state index contributed by atoms with van der Waals surface area (Å²) in [4.78, 5) is 39.4. The highest BCUT2D eigenvalue weighted by molar-refractivity contribution is 9.10. The van der Waals surface area contributed by atoms with Crippen molar-refractivity contribution < 1.29 is 9.59 Å². The van der Waals surface area contributed by atoms with E-state index in [2.05, 4.69) is 67.8 Å². The zero-order chi connectivity index (χ0) is 25.9. The molecule has 12 nitrogen and oxygen atoms in total. The van der Waals surface area contributed by atoms with Gasteiger partial charge in [0, 0.05) is 63.8 Å². The van der Waals surface area contributed by atoms with Gasteiger partial charge >= 0.3 is 0 Å². The molecule has 0 saturated carbocycles. The van der Waals surface area contributed by atoms with Crippen LogP contribution in [0.2, 0.25) is 0 Å². The zero-order valence-corrected chi connectivity index (χ0v) is 21.4. The Labute approximate surface area is 218 Å². The van der Waals surface area contributed by atoms with E-state index in [4.69, 9.17) is 7.85 Å². The number of halogens is 1. The lowest BCUT2D eigenvalue weighted by Gasteiger charge is -2.13. The zero-order valence-electron chi connectivity index (χ0n) is 19.9. The number of nitrogens with one attached hydrogen (secondary N) is 6. The monoisotopic (exact) mass is 552 g/mol. The van der Waals surface area contributed by atoms with E-state index < -0.39 is 0 Å². The average molecular weight is 553 g/mol. The van der Waals surface area contributed by atoms with E-state index in [1.807, 2.05) is 24.3 Å². The third kappa shape index (κ3) is 8.69. The predicted octanol–water partition coefficient (Wildman–Crippen LogP) is 1.41. The topological polar surface area (TPSA) is 158 Å². The molecule has 2 heterocycles. The first kappa shape index (κ1) is 26.7. The van der Waals surface area contributed by atoms with Gasteiger partial charge in [0.1, 0.15) is 19.5 Å². The summed E-state index contributed by atoms with van der Waals surface area (Å²) in [5.74, 6) is 1.62. The van der Waals surface area contributed by atoms with Crippen molar-refractivity contribution in [2.45, 2.75) is 13.8 Å². The molecular weight excluding hydrogens is 527 g/mol. The highest BCUT2D eigenvalue weighted by Gasteiger charge is 2.08. The fourth-order valence-electron chi connectivity index (χ4n) is 2.92. The Morgan fingerprint density at radius 3 is 1.94 bits per heavy atom. The van der Waals surface area contributed by atoms with Crippen molar-refractivity contribution in [3.05, 3.63) is 41.1 Å². The van der Waals surface area contributed by atoms with E-state index >= 15 is 0 Å². The van der Waals surface area contributed by atoms with E-state index in [1.165, 1.54) is 20.0 Å². The van der Waals surface area contributed by atoms with Gasteiger partial charge in [-0.05, 0) is 39.6 Å². The lowest BCUT2D eigenvalue weighted by atomic mass is 9.99. The highest BCUT2D eigenvalue weighted by atomic mass is 79.9. The van der Waals surface area contributed by atoms with Crippen molar-refractivity contribution in [3.63, 3.8) is 0 Å². The number of carbonyl (C=O) groups is 2. The van der Waals surface area contributed by atoms with Gasteiger partial charge in [-0.1, -0.05) is 6.07 Å². The Balaban J connectivity index is 1.63. The lowest BCUT2D eigenvalue weighted by Crippen LogP contribution is -2.28. The molecule has 36 heavy (non-hydrogen) atoms. The van der Waals surface area contributed by atoms with Crippen LogP contribution in [0.1, 0.15) is 13.8 Å². The number of carbonyl (C=O) groups excluding carboxylic acids is 2. The summed E-state index contributed by atoms with van der Waals surface area (Å²) in [6.45, 7) is 4.83. The normalized spacial score (nSPS) is 10.3. The van der Waals surface area contributed by atoms with Gasteiger partial charge in [-0.15, -0.1) is 0 Å². The Bertz CT molecular complexity index is 1120. The van der Waals surface area contributed by atoms with Crippen LogP contribution in [0.5, 0.6) is 0 Å². The summed E-state index contributed by atoms with van der Waals surface area (Å²) in [5.41, 5.74) is 1.88. The first-order valence-corrected chi connectivity index (χ1v) is 11.8. The predicted molar refractivity (Wildman–Crippen MR) is 145 cm³/mol. The SMILES string of the molecule is [B]c1cnc(Nc2cccc(Nc3ncc(Br)c(NCCNC(C)=O)n3)c2)nc1NCCNC(C)=O. The first-order chi connectivity index (χ1) is 17.3. The summed E-state index contributed by atoms with van der Waals surface area (Å²) in [6, 6.07) is 7.46. The Morgan fingerprint density at radius 1 is 0.833 bits per heavy atom. The molecule has 0 aliphatic heterocycles. The second-order valence-electron chi connectivity index (χ2n) is 7.54. The van der Waals surface area contributed by atoms with Crippen molar-refractivity contribution in [3.8, 4) is 0 Å². The Hall–Kier alpha value is -3.94. The van der Waals surface area contributed by atoms with Gasteiger partial charge < -0.3 is 31.9 Å². The molecule has 0 bridgehead atoms. The molecule has 0 aliphatic rings. The summed E-state index contributed by atoms with van der Waals surface area (Å²) in [6.07, 6.45) is 3.15. The molecule has 0 aliphatic carbocycles. The number of hydrogen-bond donors (Lipinski definition) is 6. The second kappa shape index (κ2) is 13.2. The van der Waals surface area contributed by atoms with Crippen molar-refractivity contribution >= 4 is 76.0 Å². The maximum Gasteiger partial charge on any atom is 0.229 e. The van der Waals surface area contributed by atoms with E-state index in [0.717, 1.165) is 11.4 Å². The Kier molecular flexibility index (Phi) is 9.80. The van der Waals surface area contributed by atoms with Gasteiger partial charge in [0.25, 0.3) is 0 Å². The number of aromatic nitrogens is 4. The average Bonchev–Trinajstić information content (AvgIpc) is 2.83. The molecule has 3 rings (SSSR count). The number of nitrogens with zero attached hydrogens (tertiary/aromatic N) is 4. The van der Waals surface area contributed by atoms with Crippen molar-refractivity contribution in [2.24, 2.45) is 0 Å². The van der Waals surface area contributed by atoms with Crippen LogP contribution in [-0.2, 0) is 9.59 Å². The fraction of sp³-hybridized carbons (Fsp3) is 0.273. The van der Waals surface area contributed by atoms with Crippen LogP contribution in [0, 0.1) is 0 Å². The van der Waals surface area contributed by atoms with Gasteiger partial charge in [-0.25, -0.2) is 9.97 Å². The van der Waals surface area contributed by atoms with E-state index in [9.17, 15) is 9.59 Å². The minimum absolute atomic E-state index is 0.0896. The first-order valence-electron chi connectivity index (χ1n) is 11.1. The molecule has 2 aromatic heterocycles. The van der Waals surface area contributed by atoms with Gasteiger partial charge in [0.15, 0.2) is 0 Å². The molecule has 186 valence electrons. The molecular formula is C22H26BBrN10O2. The van der Waals surface area contributed by atoms with Crippen molar-refractivity contribution in [1.29, 1.82) is 0 Å². The molecule has 14 heteroatoms. The lowest BCUT2D eigenvalue weighted by molar-refractivity contribution is -0.119. The number of amides is 2. The molecule has 0 fully saturated rings. The minimum Gasteiger partial charge on any atom is -0.369 e. The fourth-order valence-corrected chi connectivity index (χ4v) is 3.25. The summed E-state index contributed by atoms with van der Waals surface area (Å²) in [5, 5.41) is 18.0. The van der Waals surface area contributed by atoms with Gasteiger partial charge in [-0.3, -0.25) is 9.59 Å². The maximum absolute atomic E-state index is 11.0. The van der Waals surface area contributed by atoms with E-state index in [-0.39, 0.29) is 11.8 Å².